The highest BCUT2D eigenvalue weighted by Gasteiger charge is 2.24. The van der Waals surface area contributed by atoms with Gasteiger partial charge in [-0.25, -0.2) is 14.8 Å². The zero-order chi connectivity index (χ0) is 22.8. The molecule has 0 aliphatic carbocycles. The van der Waals surface area contributed by atoms with E-state index in [1.165, 1.54) is 12.7 Å². The van der Waals surface area contributed by atoms with Crippen LogP contribution in [-0.2, 0) is 6.54 Å². The summed E-state index contributed by atoms with van der Waals surface area (Å²) in [5, 5.41) is 4.19. The number of likely N-dealkylation sites (tertiary alicyclic amines) is 1. The lowest BCUT2D eigenvalue weighted by molar-refractivity contribution is 0.242. The first-order valence-corrected chi connectivity index (χ1v) is 11.3. The van der Waals surface area contributed by atoms with Crippen LogP contribution in [0.25, 0.3) is 16.6 Å². The van der Waals surface area contributed by atoms with Gasteiger partial charge in [0.05, 0.1) is 11.2 Å². The molecule has 166 valence electrons. The predicted octanol–water partition coefficient (Wildman–Crippen LogP) is 3.79. The highest BCUT2D eigenvalue weighted by molar-refractivity contribution is 5.91. The number of benzene rings is 2. The lowest BCUT2D eigenvalue weighted by Crippen LogP contribution is -2.36. The Morgan fingerprint density at radius 2 is 2.09 bits per heavy atom. The van der Waals surface area contributed by atoms with Crippen molar-refractivity contribution >= 4 is 22.4 Å². The molecule has 4 aromatic rings. The van der Waals surface area contributed by atoms with Gasteiger partial charge in [0.15, 0.2) is 0 Å². The molecule has 5 rings (SSSR count). The van der Waals surface area contributed by atoms with E-state index in [1.54, 1.807) is 4.57 Å². The molecule has 1 N–H and O–H groups in total. The number of anilines is 2. The van der Waals surface area contributed by atoms with Gasteiger partial charge in [-0.15, -0.1) is 6.42 Å². The maximum absolute atomic E-state index is 13.1. The standard InChI is InChI=1S/C26H26N6O/c1-3-19-7-5-8-20(15-19)29-25-23-11-10-21(16-24(23)27-18-28-25)32-14-13-31(26(32)33)17-22-9-6-12-30(22)4-2/h1,5,7-8,10-11,13-16,18,22H,4,6,9,12,17H2,2H3,(H,27,28,29). The van der Waals surface area contributed by atoms with Crippen molar-refractivity contribution in [1.82, 2.24) is 24.0 Å². The van der Waals surface area contributed by atoms with Gasteiger partial charge in [0.25, 0.3) is 0 Å². The van der Waals surface area contributed by atoms with Crippen LogP contribution in [0, 0.1) is 12.3 Å². The summed E-state index contributed by atoms with van der Waals surface area (Å²) < 4.78 is 3.49. The van der Waals surface area contributed by atoms with Crippen molar-refractivity contribution in [2.24, 2.45) is 0 Å². The van der Waals surface area contributed by atoms with Gasteiger partial charge >= 0.3 is 5.69 Å². The molecule has 0 saturated carbocycles. The minimum Gasteiger partial charge on any atom is -0.340 e. The summed E-state index contributed by atoms with van der Waals surface area (Å²) in [7, 11) is 0. The third-order valence-corrected chi connectivity index (χ3v) is 6.35. The van der Waals surface area contributed by atoms with Crippen molar-refractivity contribution < 1.29 is 0 Å². The first-order valence-electron chi connectivity index (χ1n) is 11.3. The van der Waals surface area contributed by atoms with Crippen LogP contribution in [0.3, 0.4) is 0 Å². The Morgan fingerprint density at radius 3 is 2.94 bits per heavy atom. The molecule has 1 aliphatic rings. The maximum atomic E-state index is 13.1. The lowest BCUT2D eigenvalue weighted by Gasteiger charge is -2.22. The summed E-state index contributed by atoms with van der Waals surface area (Å²) in [5.41, 5.74) is 3.16. The quantitative estimate of drug-likeness (QED) is 0.464. The summed E-state index contributed by atoms with van der Waals surface area (Å²) in [5.74, 6) is 3.33. The van der Waals surface area contributed by atoms with Gasteiger partial charge in [0.1, 0.15) is 12.1 Å². The number of hydrogen-bond donors (Lipinski definition) is 1. The largest absolute Gasteiger partial charge is 0.340 e. The number of fused-ring (bicyclic) bond motifs is 1. The topological polar surface area (TPSA) is 68.0 Å². The van der Waals surface area contributed by atoms with Gasteiger partial charge in [-0.2, -0.15) is 0 Å². The Morgan fingerprint density at radius 1 is 1.18 bits per heavy atom. The van der Waals surface area contributed by atoms with E-state index in [9.17, 15) is 4.79 Å². The van der Waals surface area contributed by atoms with Gasteiger partial charge in [0.2, 0.25) is 0 Å². The van der Waals surface area contributed by atoms with Crippen LogP contribution in [-0.4, -0.2) is 43.1 Å². The van der Waals surface area contributed by atoms with Crippen LogP contribution in [0.1, 0.15) is 25.3 Å². The van der Waals surface area contributed by atoms with Crippen LogP contribution in [0.4, 0.5) is 11.5 Å². The molecular formula is C26H26N6O. The first-order chi connectivity index (χ1) is 16.2. The summed E-state index contributed by atoms with van der Waals surface area (Å²) in [6.45, 7) is 5.04. The van der Waals surface area contributed by atoms with Crippen molar-refractivity contribution in [2.45, 2.75) is 32.4 Å². The number of aromatic nitrogens is 4. The number of imidazole rings is 1. The third-order valence-electron chi connectivity index (χ3n) is 6.35. The molecule has 7 heteroatoms. The van der Waals surface area contributed by atoms with Gasteiger partial charge in [0, 0.05) is 41.6 Å². The molecule has 0 spiro atoms. The molecule has 7 nitrogen and oxygen atoms in total. The number of likely N-dealkylation sites (N-methyl/N-ethyl adjacent to an activating group) is 1. The zero-order valence-electron chi connectivity index (χ0n) is 18.6. The third kappa shape index (κ3) is 4.13. The fraction of sp³-hybridized carbons (Fsp3) is 0.269. The van der Waals surface area contributed by atoms with Crippen molar-refractivity contribution in [3.8, 4) is 18.0 Å². The minimum atomic E-state index is -0.0317. The molecule has 0 bridgehead atoms. The first kappa shape index (κ1) is 21.0. The molecule has 33 heavy (non-hydrogen) atoms. The van der Waals surface area contributed by atoms with Gasteiger partial charge in [-0.05, 0) is 62.3 Å². The lowest BCUT2D eigenvalue weighted by atomic mass is 10.2. The van der Waals surface area contributed by atoms with Crippen molar-refractivity contribution in [3.05, 3.63) is 77.2 Å². The van der Waals surface area contributed by atoms with Gasteiger partial charge in [-0.1, -0.05) is 18.9 Å². The van der Waals surface area contributed by atoms with Gasteiger partial charge in [-0.3, -0.25) is 14.0 Å². The zero-order valence-corrected chi connectivity index (χ0v) is 18.6. The van der Waals surface area contributed by atoms with Crippen LogP contribution in [0.5, 0.6) is 0 Å². The minimum absolute atomic E-state index is 0.0317. The molecule has 0 radical (unpaired) electrons. The van der Waals surface area contributed by atoms with E-state index in [1.807, 2.05) is 59.4 Å². The number of nitrogens with zero attached hydrogens (tertiary/aromatic N) is 5. The molecular weight excluding hydrogens is 412 g/mol. The molecule has 1 saturated heterocycles. The Labute approximate surface area is 192 Å². The number of nitrogens with one attached hydrogen (secondary N) is 1. The fourth-order valence-electron chi connectivity index (χ4n) is 4.61. The molecule has 2 aromatic carbocycles. The Bertz CT molecular complexity index is 1400. The van der Waals surface area contributed by atoms with E-state index in [-0.39, 0.29) is 5.69 Å². The van der Waals surface area contributed by atoms with E-state index < -0.39 is 0 Å². The molecule has 1 unspecified atom stereocenters. The second kappa shape index (κ2) is 8.93. The Balaban J connectivity index is 1.43. The second-order valence-electron chi connectivity index (χ2n) is 8.30. The van der Waals surface area contributed by atoms with E-state index in [4.69, 9.17) is 6.42 Å². The second-order valence-corrected chi connectivity index (χ2v) is 8.30. The molecule has 2 aromatic heterocycles. The van der Waals surface area contributed by atoms with E-state index in [0.29, 0.717) is 11.9 Å². The van der Waals surface area contributed by atoms with E-state index >= 15 is 0 Å². The fourth-order valence-corrected chi connectivity index (χ4v) is 4.61. The monoisotopic (exact) mass is 438 g/mol. The number of terminal acetylenes is 1. The molecule has 3 heterocycles. The highest BCUT2D eigenvalue weighted by atomic mass is 16.1. The van der Waals surface area contributed by atoms with Crippen LogP contribution in [0.2, 0.25) is 0 Å². The van der Waals surface area contributed by atoms with E-state index in [0.717, 1.165) is 53.9 Å². The maximum Gasteiger partial charge on any atom is 0.332 e. The molecule has 1 aliphatic heterocycles. The smallest absolute Gasteiger partial charge is 0.332 e. The van der Waals surface area contributed by atoms with Crippen LogP contribution >= 0.6 is 0 Å². The highest BCUT2D eigenvalue weighted by Crippen LogP contribution is 2.25. The van der Waals surface area contributed by atoms with Crippen molar-refractivity contribution in [1.29, 1.82) is 0 Å². The molecule has 1 atom stereocenters. The summed E-state index contributed by atoms with van der Waals surface area (Å²) in [6.07, 6.45) is 13.1. The average molecular weight is 439 g/mol. The summed E-state index contributed by atoms with van der Waals surface area (Å²) in [4.78, 5) is 24.4. The number of hydrogen-bond acceptors (Lipinski definition) is 5. The number of rotatable bonds is 6. The summed E-state index contributed by atoms with van der Waals surface area (Å²) >= 11 is 0. The van der Waals surface area contributed by atoms with Crippen molar-refractivity contribution in [3.63, 3.8) is 0 Å². The predicted molar refractivity (Wildman–Crippen MR) is 131 cm³/mol. The van der Waals surface area contributed by atoms with E-state index in [2.05, 4.69) is 33.0 Å². The van der Waals surface area contributed by atoms with Crippen molar-refractivity contribution in [2.75, 3.05) is 18.4 Å². The van der Waals surface area contributed by atoms with Gasteiger partial charge < -0.3 is 5.32 Å². The van der Waals surface area contributed by atoms with Crippen LogP contribution in [0.15, 0.2) is 66.0 Å². The SMILES string of the molecule is C#Cc1cccc(Nc2ncnc3cc(-n4ccn(CC5CCCN5CC)c4=O)ccc23)c1. The Hall–Kier alpha value is -3.89. The Kier molecular flexibility index (Phi) is 5.68. The summed E-state index contributed by atoms with van der Waals surface area (Å²) in [6, 6.07) is 13.8. The normalized spacial score (nSPS) is 16.2. The van der Waals surface area contributed by atoms with Crippen LogP contribution < -0.4 is 11.0 Å². The average Bonchev–Trinajstić information content (AvgIpc) is 3.45. The molecule has 1 fully saturated rings. The molecule has 0 amide bonds.